The van der Waals surface area contributed by atoms with Crippen LogP contribution in [0.25, 0.3) is 0 Å². The maximum absolute atomic E-state index is 13.0. The Labute approximate surface area is 151 Å². The summed E-state index contributed by atoms with van der Waals surface area (Å²) in [5.41, 5.74) is 0. The highest BCUT2D eigenvalue weighted by atomic mass is 32.2. The molecule has 0 radical (unpaired) electrons. The second kappa shape index (κ2) is 6.79. The monoisotopic (exact) mass is 367 g/mol. The van der Waals surface area contributed by atoms with Crippen LogP contribution in [0.3, 0.4) is 0 Å². The Morgan fingerprint density at radius 2 is 2.04 bits per heavy atom. The fourth-order valence-corrected chi connectivity index (χ4v) is 4.54. The van der Waals surface area contributed by atoms with Crippen molar-refractivity contribution >= 4 is 29.5 Å². The van der Waals surface area contributed by atoms with Gasteiger partial charge in [0, 0.05) is 26.1 Å². The molecule has 3 heterocycles. The maximum Gasteiger partial charge on any atom is 0.248 e. The van der Waals surface area contributed by atoms with E-state index in [9.17, 15) is 14.4 Å². The van der Waals surface area contributed by atoms with E-state index in [1.54, 1.807) is 9.80 Å². The molecule has 138 valence electrons. The van der Waals surface area contributed by atoms with Crippen LogP contribution in [0.15, 0.2) is 0 Å². The summed E-state index contributed by atoms with van der Waals surface area (Å²) in [4.78, 5) is 41.1. The number of thioether (sulfide) groups is 1. The number of piperazine rings is 1. The largest absolute Gasteiger partial charge is 0.376 e. The molecule has 0 bridgehead atoms. The number of fused-ring (bicyclic) bond motifs is 2. The molecule has 0 spiro atoms. The molecule has 4 rings (SSSR count). The van der Waals surface area contributed by atoms with Crippen molar-refractivity contribution in [3.8, 4) is 0 Å². The van der Waals surface area contributed by atoms with Crippen LogP contribution in [0.4, 0.5) is 0 Å². The van der Waals surface area contributed by atoms with Crippen molar-refractivity contribution in [2.24, 2.45) is 5.92 Å². The van der Waals surface area contributed by atoms with Crippen LogP contribution in [0.1, 0.15) is 25.7 Å². The number of amides is 3. The molecule has 0 aromatic heterocycles. The van der Waals surface area contributed by atoms with Crippen LogP contribution in [0.2, 0.25) is 0 Å². The summed E-state index contributed by atoms with van der Waals surface area (Å²) in [6.07, 6.45) is 5.53. The molecule has 0 aromatic carbocycles. The second-order valence-electron chi connectivity index (χ2n) is 7.51. The lowest BCUT2D eigenvalue weighted by Crippen LogP contribution is -2.64. The van der Waals surface area contributed by atoms with Gasteiger partial charge in [-0.05, 0) is 31.4 Å². The summed E-state index contributed by atoms with van der Waals surface area (Å²) >= 11 is 1.45. The minimum absolute atomic E-state index is 0.0173. The van der Waals surface area contributed by atoms with Gasteiger partial charge in [0.1, 0.15) is 12.1 Å². The van der Waals surface area contributed by atoms with E-state index >= 15 is 0 Å². The number of hydrogen-bond donors (Lipinski definition) is 1. The van der Waals surface area contributed by atoms with Gasteiger partial charge in [0.05, 0.1) is 17.9 Å². The van der Waals surface area contributed by atoms with E-state index in [2.05, 4.69) is 5.32 Å². The van der Waals surface area contributed by atoms with E-state index in [4.69, 9.17) is 4.74 Å². The zero-order valence-electron chi connectivity index (χ0n) is 14.5. The lowest BCUT2D eigenvalue weighted by Gasteiger charge is -2.40. The van der Waals surface area contributed by atoms with Gasteiger partial charge in [0.2, 0.25) is 17.7 Å². The summed E-state index contributed by atoms with van der Waals surface area (Å²) in [6, 6.07) is -1.20. The average molecular weight is 367 g/mol. The topological polar surface area (TPSA) is 79.0 Å². The Morgan fingerprint density at radius 3 is 2.76 bits per heavy atom. The Balaban J connectivity index is 1.43. The Hall–Kier alpha value is -1.28. The molecular weight excluding hydrogens is 342 g/mol. The molecule has 3 aliphatic heterocycles. The quantitative estimate of drug-likeness (QED) is 0.706. The van der Waals surface area contributed by atoms with E-state index in [-0.39, 0.29) is 35.9 Å². The molecule has 3 saturated heterocycles. The highest BCUT2D eigenvalue weighted by Gasteiger charge is 2.55. The van der Waals surface area contributed by atoms with E-state index in [0.717, 1.165) is 6.61 Å². The van der Waals surface area contributed by atoms with E-state index in [0.29, 0.717) is 37.6 Å². The summed E-state index contributed by atoms with van der Waals surface area (Å²) in [5, 5.41) is 2.94. The zero-order chi connectivity index (χ0) is 17.6. The van der Waals surface area contributed by atoms with E-state index in [1.165, 1.54) is 24.6 Å². The molecule has 4 atom stereocenters. The smallest absolute Gasteiger partial charge is 0.248 e. The Bertz CT molecular complexity index is 582. The Morgan fingerprint density at radius 1 is 1.24 bits per heavy atom. The SMILES string of the molecule is CSCC(=O)NC1CCN2C(=O)C3CC(OCC4CC4)CN3C(=O)C12. The predicted molar refractivity (Wildman–Crippen MR) is 93.0 cm³/mol. The first-order valence-electron chi connectivity index (χ1n) is 9.09. The van der Waals surface area contributed by atoms with Gasteiger partial charge in [-0.2, -0.15) is 11.8 Å². The third-order valence-electron chi connectivity index (χ3n) is 5.65. The summed E-state index contributed by atoms with van der Waals surface area (Å²) in [7, 11) is 0. The van der Waals surface area contributed by atoms with Gasteiger partial charge in [-0.1, -0.05) is 0 Å². The minimum atomic E-state index is -0.545. The highest BCUT2D eigenvalue weighted by Crippen LogP contribution is 2.35. The molecule has 3 amide bonds. The number of carbonyl (C=O) groups is 3. The van der Waals surface area contributed by atoms with Gasteiger partial charge < -0.3 is 19.9 Å². The molecule has 0 aromatic rings. The number of nitrogens with one attached hydrogen (secondary N) is 1. The molecule has 8 heteroatoms. The maximum atomic E-state index is 13.0. The molecule has 4 aliphatic rings. The fraction of sp³-hybridized carbons (Fsp3) is 0.824. The molecule has 4 unspecified atom stereocenters. The van der Waals surface area contributed by atoms with Gasteiger partial charge in [0.25, 0.3) is 0 Å². The van der Waals surface area contributed by atoms with Gasteiger partial charge in [-0.3, -0.25) is 14.4 Å². The van der Waals surface area contributed by atoms with Gasteiger partial charge in [-0.25, -0.2) is 0 Å². The fourth-order valence-electron chi connectivity index (χ4n) is 4.19. The molecule has 25 heavy (non-hydrogen) atoms. The van der Waals surface area contributed by atoms with E-state index in [1.807, 2.05) is 6.26 Å². The second-order valence-corrected chi connectivity index (χ2v) is 8.38. The number of rotatable bonds is 6. The molecule has 4 fully saturated rings. The Kier molecular flexibility index (Phi) is 4.66. The van der Waals surface area contributed by atoms with Crippen molar-refractivity contribution in [3.63, 3.8) is 0 Å². The number of ether oxygens (including phenoxy) is 1. The van der Waals surface area contributed by atoms with E-state index < -0.39 is 6.04 Å². The normalized spacial score (nSPS) is 34.3. The highest BCUT2D eigenvalue weighted by molar-refractivity contribution is 7.99. The van der Waals surface area contributed by atoms with Crippen molar-refractivity contribution in [1.82, 2.24) is 15.1 Å². The molecular formula is C17H25N3O4S. The summed E-state index contributed by atoms with van der Waals surface area (Å²) in [6.45, 7) is 1.78. The first-order valence-corrected chi connectivity index (χ1v) is 10.5. The lowest BCUT2D eigenvalue weighted by molar-refractivity contribution is -0.157. The average Bonchev–Trinajstić information content (AvgIpc) is 3.16. The van der Waals surface area contributed by atoms with Crippen LogP contribution >= 0.6 is 11.8 Å². The molecule has 7 nitrogen and oxygen atoms in total. The van der Waals surface area contributed by atoms with Crippen molar-refractivity contribution in [3.05, 3.63) is 0 Å². The van der Waals surface area contributed by atoms with Crippen LogP contribution < -0.4 is 5.32 Å². The van der Waals surface area contributed by atoms with Crippen molar-refractivity contribution in [2.75, 3.05) is 31.7 Å². The third-order valence-corrected chi connectivity index (χ3v) is 6.20. The molecule has 1 aliphatic carbocycles. The molecule has 1 saturated carbocycles. The van der Waals surface area contributed by atoms with Crippen molar-refractivity contribution in [2.45, 2.75) is 49.9 Å². The summed E-state index contributed by atoms with van der Waals surface area (Å²) < 4.78 is 5.92. The standard InChI is InChI=1S/C17H25N3O4S/c1-25-9-14(21)18-12-4-5-19-15(12)17(23)20-7-11(6-13(20)16(19)22)24-8-10-2-3-10/h10-13,15H,2-9H2,1H3,(H,18,21). The van der Waals surface area contributed by atoms with Crippen molar-refractivity contribution < 1.29 is 19.1 Å². The number of hydrogen-bond acceptors (Lipinski definition) is 5. The van der Waals surface area contributed by atoms with Crippen LogP contribution in [-0.4, -0.2) is 83.5 Å². The van der Waals surface area contributed by atoms with Gasteiger partial charge in [-0.15, -0.1) is 0 Å². The summed E-state index contributed by atoms with van der Waals surface area (Å²) in [5.74, 6) is 0.948. The third kappa shape index (κ3) is 3.26. The van der Waals surface area contributed by atoms with Crippen LogP contribution in [0, 0.1) is 5.92 Å². The number of carbonyl (C=O) groups excluding carboxylic acids is 3. The minimum Gasteiger partial charge on any atom is -0.376 e. The molecule has 1 N–H and O–H groups in total. The zero-order valence-corrected chi connectivity index (χ0v) is 15.3. The van der Waals surface area contributed by atoms with Crippen molar-refractivity contribution in [1.29, 1.82) is 0 Å². The number of nitrogens with zero attached hydrogens (tertiary/aromatic N) is 2. The first-order chi connectivity index (χ1) is 12.1. The first kappa shape index (κ1) is 17.1. The lowest BCUT2D eigenvalue weighted by atomic mass is 10.0. The predicted octanol–water partition coefficient (Wildman–Crippen LogP) is -0.155. The van der Waals surface area contributed by atoms with Gasteiger partial charge in [0.15, 0.2) is 0 Å². The van der Waals surface area contributed by atoms with Crippen LogP contribution in [0.5, 0.6) is 0 Å². The van der Waals surface area contributed by atoms with Gasteiger partial charge >= 0.3 is 0 Å². The van der Waals surface area contributed by atoms with Crippen LogP contribution in [-0.2, 0) is 19.1 Å².